The first-order valence-corrected chi connectivity index (χ1v) is 8.44. The van der Waals surface area contributed by atoms with Crippen molar-refractivity contribution in [1.82, 2.24) is 0 Å². The summed E-state index contributed by atoms with van der Waals surface area (Å²) in [5.74, 6) is -5.74. The summed E-state index contributed by atoms with van der Waals surface area (Å²) < 4.78 is 30.6. The molecule has 0 heterocycles. The summed E-state index contributed by atoms with van der Waals surface area (Å²) in [4.78, 5) is 41.2. The Kier molecular flexibility index (Phi) is 6.96. The number of rotatable bonds is 5. The molecule has 0 fully saturated rings. The van der Waals surface area contributed by atoms with Crippen molar-refractivity contribution in [3.8, 4) is 0 Å². The van der Waals surface area contributed by atoms with Crippen LogP contribution in [-0.4, -0.2) is 57.3 Å². The lowest BCUT2D eigenvalue weighted by atomic mass is 10.1. The minimum Gasteiger partial charge on any atom is -0.478 e. The third kappa shape index (κ3) is 5.36. The predicted molar refractivity (Wildman–Crippen MR) is 90.5 cm³/mol. The smallest absolute Gasteiger partial charge is 0.337 e. The topological polar surface area (TPSA) is 204 Å². The van der Waals surface area contributed by atoms with E-state index in [9.17, 15) is 27.6 Å². The van der Waals surface area contributed by atoms with Gasteiger partial charge in [0.05, 0.1) is 22.3 Å². The number of aromatic carboxylic acids is 4. The Morgan fingerprint density at radius 3 is 1.11 bits per heavy atom. The summed E-state index contributed by atoms with van der Waals surface area (Å²) >= 11 is 0. The van der Waals surface area contributed by atoms with E-state index in [1.165, 1.54) is 24.3 Å². The molecule has 5 N–H and O–H groups in total. The number of benzene rings is 2. The van der Waals surface area contributed by atoms with Gasteiger partial charge in [-0.2, -0.15) is 8.42 Å². The van der Waals surface area contributed by atoms with Crippen LogP contribution in [0, 0.1) is 0 Å². The lowest BCUT2D eigenvalue weighted by Gasteiger charge is -2.05. The number of hydrogen-bond donors (Lipinski definition) is 5. The number of carbonyl (C=O) groups is 4. The molecule has 0 aliphatic carbocycles. The lowest BCUT2D eigenvalue weighted by Crippen LogP contribution is -2.14. The fourth-order valence-electron chi connectivity index (χ4n) is 2.01. The van der Waals surface area contributed by atoms with Gasteiger partial charge in [-0.05, 0) is 24.3 Å². The van der Waals surface area contributed by atoms with E-state index < -0.39 is 50.0 Å². The van der Waals surface area contributed by atoms with E-state index in [0.717, 1.165) is 18.2 Å². The highest BCUT2D eigenvalue weighted by Crippen LogP contribution is 2.20. The highest BCUT2D eigenvalue weighted by Gasteiger charge is 2.27. The molecule has 0 spiro atoms. The lowest BCUT2D eigenvalue weighted by molar-refractivity contribution is 0.0651. The van der Waals surface area contributed by atoms with Crippen LogP contribution in [0.5, 0.6) is 0 Å². The van der Waals surface area contributed by atoms with Gasteiger partial charge in [-0.1, -0.05) is 18.2 Å². The maximum absolute atomic E-state index is 10.9. The van der Waals surface area contributed by atoms with Gasteiger partial charge in [0.15, 0.2) is 0 Å². The van der Waals surface area contributed by atoms with E-state index in [0.29, 0.717) is 0 Å². The molecule has 11 nitrogen and oxygen atoms in total. The van der Waals surface area contributed by atoms with Gasteiger partial charge in [-0.25, -0.2) is 19.2 Å². The molecule has 2 aromatic carbocycles. The molecule has 12 heteroatoms. The van der Waals surface area contributed by atoms with Crippen molar-refractivity contribution in [2.75, 3.05) is 0 Å². The van der Waals surface area contributed by atoms with Crippen LogP contribution >= 0.6 is 0 Å². The van der Waals surface area contributed by atoms with Crippen LogP contribution in [-0.2, 0) is 10.1 Å². The average Bonchev–Trinajstić information content (AvgIpc) is 2.60. The number of hydrogen-bond acceptors (Lipinski definition) is 6. The molecule has 148 valence electrons. The zero-order valence-electron chi connectivity index (χ0n) is 13.6. The minimum absolute atomic E-state index is 0.190. The van der Waals surface area contributed by atoms with E-state index in [1.54, 1.807) is 0 Å². The van der Waals surface area contributed by atoms with Crippen molar-refractivity contribution >= 4 is 34.0 Å². The van der Waals surface area contributed by atoms with Gasteiger partial charge < -0.3 is 20.4 Å². The maximum atomic E-state index is 10.9. The fourth-order valence-corrected chi connectivity index (χ4v) is 2.87. The molecule has 0 saturated heterocycles. The second-order valence-corrected chi connectivity index (χ2v) is 6.28. The van der Waals surface area contributed by atoms with Gasteiger partial charge in [0, 0.05) is 0 Å². The van der Waals surface area contributed by atoms with Crippen molar-refractivity contribution in [1.29, 1.82) is 0 Å². The molecule has 2 aromatic rings. The second-order valence-electron chi connectivity index (χ2n) is 4.92. The average molecular weight is 412 g/mol. The summed E-state index contributed by atoms with van der Waals surface area (Å²) in [5.41, 5.74) is -1.96. The summed E-state index contributed by atoms with van der Waals surface area (Å²) in [5, 5.41) is 34.4. The molecule has 28 heavy (non-hydrogen) atoms. The number of carboxylic acid groups (broad SMARTS) is 4. The van der Waals surface area contributed by atoms with Crippen molar-refractivity contribution in [3.05, 3.63) is 64.7 Å². The molecule has 0 aliphatic rings. The predicted octanol–water partition coefficient (Wildman–Crippen LogP) is 1.41. The van der Waals surface area contributed by atoms with Crippen LogP contribution in [0.3, 0.4) is 0 Å². The van der Waals surface area contributed by atoms with E-state index in [4.69, 9.17) is 25.0 Å². The van der Waals surface area contributed by atoms with Gasteiger partial charge in [0.25, 0.3) is 10.1 Å². The summed E-state index contributed by atoms with van der Waals surface area (Å²) in [6.45, 7) is 0. The van der Waals surface area contributed by atoms with Gasteiger partial charge in [-0.3, -0.25) is 4.55 Å². The molecule has 0 amide bonds. The SMILES string of the molecule is O=C(O)c1cccc(C(=O)O)c1S(=O)(=O)O.O=C(O)c1ccccc1C(=O)O. The van der Waals surface area contributed by atoms with Gasteiger partial charge >= 0.3 is 23.9 Å². The maximum Gasteiger partial charge on any atom is 0.337 e. The van der Waals surface area contributed by atoms with E-state index in [1.807, 2.05) is 0 Å². The largest absolute Gasteiger partial charge is 0.478 e. The molecule has 0 aromatic heterocycles. The van der Waals surface area contributed by atoms with E-state index in [-0.39, 0.29) is 11.1 Å². The molecule has 0 aliphatic heterocycles. The Hall–Kier alpha value is -3.77. The summed E-state index contributed by atoms with van der Waals surface area (Å²) in [7, 11) is -4.92. The molecule has 0 radical (unpaired) electrons. The Bertz CT molecular complexity index is 989. The molecular formula is C16H12O11S. The Morgan fingerprint density at radius 1 is 0.571 bits per heavy atom. The van der Waals surface area contributed by atoms with Crippen LogP contribution < -0.4 is 0 Å². The van der Waals surface area contributed by atoms with Crippen molar-refractivity contribution in [3.63, 3.8) is 0 Å². The van der Waals surface area contributed by atoms with Gasteiger partial charge in [0.1, 0.15) is 4.90 Å². The third-order valence-electron chi connectivity index (χ3n) is 3.12. The van der Waals surface area contributed by atoms with Crippen molar-refractivity contribution in [2.45, 2.75) is 4.90 Å². The van der Waals surface area contributed by atoms with Crippen molar-refractivity contribution in [2.24, 2.45) is 0 Å². The Morgan fingerprint density at radius 2 is 0.857 bits per heavy atom. The summed E-state index contributed by atoms with van der Waals surface area (Å²) in [6.07, 6.45) is 0. The first-order valence-electron chi connectivity index (χ1n) is 7.00. The summed E-state index contributed by atoms with van der Waals surface area (Å²) in [6, 6.07) is 8.32. The third-order valence-corrected chi connectivity index (χ3v) is 4.08. The van der Waals surface area contributed by atoms with Crippen LogP contribution in [0.2, 0.25) is 0 Å². The zero-order valence-corrected chi connectivity index (χ0v) is 14.5. The van der Waals surface area contributed by atoms with Gasteiger partial charge in [0.2, 0.25) is 0 Å². The Balaban J connectivity index is 0.000000292. The fraction of sp³-hybridized carbons (Fsp3) is 0. The molecule has 0 bridgehead atoms. The number of carboxylic acids is 4. The molecule has 0 unspecified atom stereocenters. The van der Waals surface area contributed by atoms with Crippen LogP contribution in [0.1, 0.15) is 41.4 Å². The molecular weight excluding hydrogens is 400 g/mol. The zero-order chi connectivity index (χ0) is 21.6. The normalized spacial score (nSPS) is 10.3. The Labute approximate surface area is 156 Å². The minimum atomic E-state index is -4.92. The molecule has 0 atom stereocenters. The van der Waals surface area contributed by atoms with Gasteiger partial charge in [-0.15, -0.1) is 0 Å². The van der Waals surface area contributed by atoms with Crippen LogP contribution in [0.4, 0.5) is 0 Å². The van der Waals surface area contributed by atoms with Crippen LogP contribution in [0.15, 0.2) is 47.4 Å². The first kappa shape index (κ1) is 22.3. The standard InChI is InChI=1S/C8H6O7S.C8H6O4/c9-7(10)4-2-1-3-5(8(11)12)6(4)16(13,14)15;9-7(10)5-3-1-2-4-6(5)8(11)12/h1-3H,(H,9,10)(H,11,12)(H,13,14,15);1-4H,(H,9,10)(H,11,12). The second kappa shape index (κ2) is 8.75. The van der Waals surface area contributed by atoms with E-state index >= 15 is 0 Å². The first-order chi connectivity index (χ1) is 12.9. The highest BCUT2D eigenvalue weighted by molar-refractivity contribution is 7.86. The molecule has 2 rings (SSSR count). The quantitative estimate of drug-likeness (QED) is 0.444. The van der Waals surface area contributed by atoms with Crippen LogP contribution in [0.25, 0.3) is 0 Å². The van der Waals surface area contributed by atoms with Crippen molar-refractivity contribution < 1.29 is 52.6 Å². The van der Waals surface area contributed by atoms with E-state index in [2.05, 4.69) is 0 Å². The molecule has 0 saturated carbocycles. The monoisotopic (exact) mass is 412 g/mol. The highest BCUT2D eigenvalue weighted by atomic mass is 32.2.